The molecule has 0 aliphatic rings. The van der Waals surface area contributed by atoms with Gasteiger partial charge in [-0.25, -0.2) is 4.98 Å². The largest absolute Gasteiger partial charge is 0.457 e. The van der Waals surface area contributed by atoms with Crippen molar-refractivity contribution in [1.29, 1.82) is 0 Å². The van der Waals surface area contributed by atoms with Gasteiger partial charge < -0.3 is 15.8 Å². The van der Waals surface area contributed by atoms with Crippen molar-refractivity contribution in [2.45, 2.75) is 25.9 Å². The number of halogens is 3. The van der Waals surface area contributed by atoms with Crippen LogP contribution >= 0.6 is 0 Å². The molecule has 2 aromatic heterocycles. The first-order chi connectivity index (χ1) is 16.2. The number of rotatable bonds is 6. The Balaban J connectivity index is 1.48. The molecule has 0 aliphatic carbocycles. The second-order valence-corrected chi connectivity index (χ2v) is 7.90. The lowest BCUT2D eigenvalue weighted by Gasteiger charge is -2.11. The van der Waals surface area contributed by atoms with E-state index in [-0.39, 0.29) is 11.7 Å². The quantitative estimate of drug-likeness (QED) is 0.326. The number of benzene rings is 2. The van der Waals surface area contributed by atoms with Gasteiger partial charge in [-0.2, -0.15) is 18.2 Å². The van der Waals surface area contributed by atoms with Gasteiger partial charge in [-0.3, -0.25) is 4.98 Å². The summed E-state index contributed by atoms with van der Waals surface area (Å²) in [5.41, 5.74) is 8.42. The molecular weight excluding hydrogens is 443 g/mol. The topological polar surface area (TPSA) is 86.0 Å². The molecule has 0 aliphatic heterocycles. The van der Waals surface area contributed by atoms with Gasteiger partial charge in [0.05, 0.1) is 5.69 Å². The highest BCUT2D eigenvalue weighted by Crippen LogP contribution is 2.31. The molecule has 0 amide bonds. The second kappa shape index (κ2) is 9.38. The molecule has 0 saturated heterocycles. The van der Waals surface area contributed by atoms with E-state index >= 15 is 0 Å². The number of nitrogens with two attached hydrogens (primary N) is 1. The Hall–Kier alpha value is -4.14. The summed E-state index contributed by atoms with van der Waals surface area (Å²) in [7, 11) is 0. The molecule has 0 bridgehead atoms. The third-order valence-corrected chi connectivity index (χ3v) is 5.00. The van der Waals surface area contributed by atoms with Gasteiger partial charge in [0.15, 0.2) is 0 Å². The molecule has 4 rings (SSSR count). The number of pyridine rings is 1. The number of alkyl halides is 3. The monoisotopic (exact) mass is 465 g/mol. The number of anilines is 3. The summed E-state index contributed by atoms with van der Waals surface area (Å²) in [6.07, 6.45) is -3.48. The first-order valence-electron chi connectivity index (χ1n) is 10.5. The SMILES string of the molecule is CC(C)c1ccc(-c2cc(Nc3ccc(Oc4ccnc(C(F)(F)F)c4)cc3)nc(N)n2)cc1. The van der Waals surface area contributed by atoms with Crippen LogP contribution in [0.2, 0.25) is 0 Å². The van der Waals surface area contributed by atoms with Crippen LogP contribution in [0.1, 0.15) is 31.0 Å². The maximum atomic E-state index is 12.8. The average molecular weight is 465 g/mol. The smallest absolute Gasteiger partial charge is 0.433 e. The minimum Gasteiger partial charge on any atom is -0.457 e. The molecule has 2 aromatic carbocycles. The Morgan fingerprint density at radius 2 is 1.59 bits per heavy atom. The highest BCUT2D eigenvalue weighted by atomic mass is 19.4. The van der Waals surface area contributed by atoms with Crippen molar-refractivity contribution in [1.82, 2.24) is 15.0 Å². The molecule has 0 atom stereocenters. The summed E-state index contributed by atoms with van der Waals surface area (Å²) in [6.45, 7) is 4.26. The number of nitrogen functional groups attached to an aromatic ring is 1. The third-order valence-electron chi connectivity index (χ3n) is 5.00. The van der Waals surface area contributed by atoms with Gasteiger partial charge in [-0.05, 0) is 41.8 Å². The lowest BCUT2D eigenvalue weighted by atomic mass is 10.0. The minimum atomic E-state index is -4.54. The summed E-state index contributed by atoms with van der Waals surface area (Å²) >= 11 is 0. The molecule has 0 unspecified atom stereocenters. The molecule has 3 N–H and O–H groups in total. The molecule has 174 valence electrons. The minimum absolute atomic E-state index is 0.0414. The van der Waals surface area contributed by atoms with Crippen LogP contribution in [0.5, 0.6) is 11.5 Å². The fraction of sp³-hybridized carbons (Fsp3) is 0.160. The zero-order chi connectivity index (χ0) is 24.3. The molecule has 0 spiro atoms. The fourth-order valence-electron chi connectivity index (χ4n) is 3.24. The molecule has 0 fully saturated rings. The first-order valence-corrected chi connectivity index (χ1v) is 10.5. The molecule has 34 heavy (non-hydrogen) atoms. The second-order valence-electron chi connectivity index (χ2n) is 7.90. The van der Waals surface area contributed by atoms with E-state index in [1.165, 1.54) is 11.6 Å². The van der Waals surface area contributed by atoms with Crippen LogP contribution < -0.4 is 15.8 Å². The number of hydrogen-bond acceptors (Lipinski definition) is 6. The van der Waals surface area contributed by atoms with Crippen LogP contribution in [0.15, 0.2) is 72.9 Å². The number of ether oxygens (including phenoxy) is 1. The summed E-state index contributed by atoms with van der Waals surface area (Å²) in [5.74, 6) is 1.48. The van der Waals surface area contributed by atoms with Crippen molar-refractivity contribution >= 4 is 17.5 Å². The summed E-state index contributed by atoms with van der Waals surface area (Å²) in [5, 5.41) is 3.16. The Morgan fingerprint density at radius 1 is 0.882 bits per heavy atom. The highest BCUT2D eigenvalue weighted by Gasteiger charge is 2.32. The molecule has 9 heteroatoms. The maximum Gasteiger partial charge on any atom is 0.433 e. The normalized spacial score (nSPS) is 11.5. The van der Waals surface area contributed by atoms with Gasteiger partial charge in [0.25, 0.3) is 0 Å². The van der Waals surface area contributed by atoms with Crippen LogP contribution in [-0.4, -0.2) is 15.0 Å². The van der Waals surface area contributed by atoms with Gasteiger partial charge in [0, 0.05) is 29.6 Å². The summed E-state index contributed by atoms with van der Waals surface area (Å²) < 4.78 is 44.0. The standard InChI is InChI=1S/C25H22F3N5O/c1-15(2)16-3-5-17(6-4-16)21-14-23(33-24(29)32-21)31-18-7-9-19(10-8-18)34-20-11-12-30-22(13-20)25(26,27)28/h3-15H,1-2H3,(H3,29,31,32,33). The molecule has 6 nitrogen and oxygen atoms in total. The van der Waals surface area contributed by atoms with E-state index in [4.69, 9.17) is 10.5 Å². The molecular formula is C25H22F3N5O. The van der Waals surface area contributed by atoms with E-state index in [1.54, 1.807) is 30.3 Å². The predicted molar refractivity (Wildman–Crippen MR) is 125 cm³/mol. The zero-order valence-corrected chi connectivity index (χ0v) is 18.5. The summed E-state index contributed by atoms with van der Waals surface area (Å²) in [6, 6.07) is 18.8. The Kier molecular flexibility index (Phi) is 6.36. The summed E-state index contributed by atoms with van der Waals surface area (Å²) in [4.78, 5) is 11.9. The fourth-order valence-corrected chi connectivity index (χ4v) is 3.24. The van der Waals surface area contributed by atoms with Crippen LogP contribution in [0.25, 0.3) is 11.3 Å². The Labute approximate surface area is 194 Å². The lowest BCUT2D eigenvalue weighted by molar-refractivity contribution is -0.141. The number of nitrogens with one attached hydrogen (secondary N) is 1. The van der Waals surface area contributed by atoms with E-state index in [1.807, 2.05) is 12.1 Å². The first kappa shape index (κ1) is 23.0. The number of nitrogens with zero attached hydrogens (tertiary/aromatic N) is 3. The van der Waals surface area contributed by atoms with Gasteiger partial charge in [0.2, 0.25) is 5.95 Å². The molecule has 0 saturated carbocycles. The van der Waals surface area contributed by atoms with E-state index in [2.05, 4.69) is 46.2 Å². The molecule has 0 radical (unpaired) electrons. The lowest BCUT2D eigenvalue weighted by Crippen LogP contribution is -2.07. The van der Waals surface area contributed by atoms with Crippen LogP contribution in [0, 0.1) is 0 Å². The van der Waals surface area contributed by atoms with E-state index < -0.39 is 11.9 Å². The molecule has 2 heterocycles. The third kappa shape index (κ3) is 5.61. The number of aromatic nitrogens is 3. The van der Waals surface area contributed by atoms with Gasteiger partial charge in [-0.15, -0.1) is 0 Å². The van der Waals surface area contributed by atoms with Gasteiger partial charge in [0.1, 0.15) is 23.0 Å². The van der Waals surface area contributed by atoms with Gasteiger partial charge in [-0.1, -0.05) is 38.1 Å². The van der Waals surface area contributed by atoms with E-state index in [9.17, 15) is 13.2 Å². The van der Waals surface area contributed by atoms with E-state index in [0.717, 1.165) is 17.8 Å². The van der Waals surface area contributed by atoms with Gasteiger partial charge >= 0.3 is 6.18 Å². The van der Waals surface area contributed by atoms with Crippen molar-refractivity contribution in [3.05, 3.63) is 84.2 Å². The van der Waals surface area contributed by atoms with Crippen molar-refractivity contribution in [2.75, 3.05) is 11.1 Å². The van der Waals surface area contributed by atoms with Crippen molar-refractivity contribution < 1.29 is 17.9 Å². The van der Waals surface area contributed by atoms with Crippen LogP contribution in [0.4, 0.5) is 30.6 Å². The number of hydrogen-bond donors (Lipinski definition) is 2. The van der Waals surface area contributed by atoms with E-state index in [0.29, 0.717) is 28.9 Å². The Morgan fingerprint density at radius 3 is 2.24 bits per heavy atom. The molecule has 4 aromatic rings. The zero-order valence-electron chi connectivity index (χ0n) is 18.5. The van der Waals surface area contributed by atoms with Crippen molar-refractivity contribution in [3.63, 3.8) is 0 Å². The predicted octanol–water partition coefficient (Wildman–Crippen LogP) is 6.80. The maximum absolute atomic E-state index is 12.8. The van der Waals surface area contributed by atoms with Crippen molar-refractivity contribution in [3.8, 4) is 22.8 Å². The van der Waals surface area contributed by atoms with Crippen LogP contribution in [0.3, 0.4) is 0 Å². The average Bonchev–Trinajstić information content (AvgIpc) is 2.80. The van der Waals surface area contributed by atoms with Crippen LogP contribution in [-0.2, 0) is 6.18 Å². The van der Waals surface area contributed by atoms with Crippen molar-refractivity contribution in [2.24, 2.45) is 0 Å². The Bertz CT molecular complexity index is 1270. The highest BCUT2D eigenvalue weighted by molar-refractivity contribution is 5.67.